The molecule has 0 unspecified atom stereocenters. The Labute approximate surface area is 129 Å². The van der Waals surface area contributed by atoms with Crippen LogP contribution in [0.15, 0.2) is 24.3 Å². The van der Waals surface area contributed by atoms with Gasteiger partial charge in [0.25, 0.3) is 0 Å². The molecule has 2 rings (SSSR count). The Hall–Kier alpha value is -2.13. The summed E-state index contributed by atoms with van der Waals surface area (Å²) < 4.78 is 42.2. The van der Waals surface area contributed by atoms with Gasteiger partial charge >= 0.3 is 18.0 Å². The van der Waals surface area contributed by atoms with E-state index in [1.165, 1.54) is 0 Å². The molecule has 9 heteroatoms. The van der Waals surface area contributed by atoms with Gasteiger partial charge in [0.15, 0.2) is 0 Å². The van der Waals surface area contributed by atoms with Crippen molar-refractivity contribution >= 4 is 17.5 Å². The minimum atomic E-state index is -4.47. The summed E-state index contributed by atoms with van der Waals surface area (Å²) in [6.07, 6.45) is -4.13. The lowest BCUT2D eigenvalue weighted by Crippen LogP contribution is -2.46. The zero-order valence-electron chi connectivity index (χ0n) is 11.9. The Kier molecular flexibility index (Phi) is 4.90. The van der Waals surface area contributed by atoms with E-state index in [1.807, 2.05) is 0 Å². The number of halogens is 3. The summed E-state index contributed by atoms with van der Waals surface area (Å²) in [5, 5.41) is 14.4. The predicted molar refractivity (Wildman–Crippen MR) is 73.5 cm³/mol. The lowest BCUT2D eigenvalue weighted by Gasteiger charge is -2.20. The molecule has 1 fully saturated rings. The van der Waals surface area contributed by atoms with Crippen LogP contribution in [0.25, 0.3) is 0 Å². The second kappa shape index (κ2) is 6.55. The molecule has 0 radical (unpaired) electrons. The highest BCUT2D eigenvalue weighted by Crippen LogP contribution is 2.29. The van der Waals surface area contributed by atoms with Gasteiger partial charge in [-0.05, 0) is 24.3 Å². The van der Waals surface area contributed by atoms with Gasteiger partial charge < -0.3 is 20.5 Å². The number of amides is 2. The molecule has 1 saturated heterocycles. The summed E-state index contributed by atoms with van der Waals surface area (Å²) in [4.78, 5) is 23.3. The smallest absolute Gasteiger partial charge is 0.386 e. The highest BCUT2D eigenvalue weighted by atomic mass is 19.4. The molecule has 0 aromatic heterocycles. The summed E-state index contributed by atoms with van der Waals surface area (Å²) >= 11 is 0. The molecule has 1 heterocycles. The summed E-state index contributed by atoms with van der Waals surface area (Å²) in [6.45, 7) is 0.282. The molecule has 1 aromatic carbocycles. The van der Waals surface area contributed by atoms with Gasteiger partial charge in [0.05, 0.1) is 12.2 Å². The number of carbonyl (C=O) groups is 2. The van der Waals surface area contributed by atoms with Gasteiger partial charge in [-0.3, -0.25) is 9.59 Å². The second-order valence-corrected chi connectivity index (χ2v) is 5.24. The zero-order valence-corrected chi connectivity index (χ0v) is 11.9. The molecule has 2 amide bonds. The zero-order chi connectivity index (χ0) is 17.1. The van der Waals surface area contributed by atoms with E-state index in [-0.39, 0.29) is 18.8 Å². The van der Waals surface area contributed by atoms with Crippen molar-refractivity contribution in [3.63, 3.8) is 0 Å². The maximum Gasteiger partial charge on any atom is 0.416 e. The quantitative estimate of drug-likeness (QED) is 0.718. The van der Waals surface area contributed by atoms with Gasteiger partial charge in [0.2, 0.25) is 0 Å². The number of hydrogen-bond donors (Lipinski definition) is 3. The van der Waals surface area contributed by atoms with E-state index in [0.717, 1.165) is 24.3 Å². The van der Waals surface area contributed by atoms with E-state index >= 15 is 0 Å². The molecular weight excluding hydrogens is 317 g/mol. The van der Waals surface area contributed by atoms with Crippen molar-refractivity contribution in [3.8, 4) is 0 Å². The van der Waals surface area contributed by atoms with Crippen molar-refractivity contribution in [2.24, 2.45) is 0 Å². The Morgan fingerprint density at radius 3 is 2.39 bits per heavy atom. The van der Waals surface area contributed by atoms with Crippen LogP contribution >= 0.6 is 0 Å². The van der Waals surface area contributed by atoms with E-state index in [2.05, 4.69) is 10.6 Å². The number of anilines is 1. The van der Waals surface area contributed by atoms with E-state index in [1.54, 1.807) is 0 Å². The van der Waals surface area contributed by atoms with Crippen LogP contribution in [0.2, 0.25) is 0 Å². The van der Waals surface area contributed by atoms with Crippen LogP contribution in [0.5, 0.6) is 0 Å². The van der Waals surface area contributed by atoms with Crippen molar-refractivity contribution in [2.75, 3.05) is 25.1 Å². The van der Waals surface area contributed by atoms with Gasteiger partial charge in [-0.1, -0.05) is 0 Å². The maximum absolute atomic E-state index is 12.4. The normalized spacial score (nSPS) is 21.0. The first-order valence-electron chi connectivity index (χ1n) is 6.76. The molecule has 0 spiro atoms. The van der Waals surface area contributed by atoms with Gasteiger partial charge in [0.1, 0.15) is 5.60 Å². The number of alkyl halides is 3. The molecule has 1 aromatic rings. The lowest BCUT2D eigenvalue weighted by atomic mass is 10.0. The highest BCUT2D eigenvalue weighted by Gasteiger charge is 2.33. The third-order valence-corrected chi connectivity index (χ3v) is 3.34. The average Bonchev–Trinajstić information content (AvgIpc) is 2.91. The molecule has 3 N–H and O–H groups in total. The van der Waals surface area contributed by atoms with E-state index in [0.29, 0.717) is 13.0 Å². The number of rotatable bonds is 3. The standard InChI is InChI=1S/C14H15F3N2O4/c15-14(16,17)9-1-3-10(4-2-9)19-12(21)11(20)18-7-13(22)5-6-23-8-13/h1-4,22H,5-8H2,(H,18,20)(H,19,21)/t13-/m1/s1. The van der Waals surface area contributed by atoms with E-state index < -0.39 is 29.2 Å². The summed E-state index contributed by atoms with van der Waals surface area (Å²) in [5.41, 5.74) is -2.01. The minimum Gasteiger partial charge on any atom is -0.386 e. The number of carbonyl (C=O) groups excluding carboxylic acids is 2. The fourth-order valence-electron chi connectivity index (χ4n) is 1.99. The Bertz CT molecular complexity index is 581. The lowest BCUT2D eigenvalue weighted by molar-refractivity contribution is -0.137. The van der Waals surface area contributed by atoms with Crippen molar-refractivity contribution < 1.29 is 32.6 Å². The number of benzene rings is 1. The molecule has 23 heavy (non-hydrogen) atoms. The van der Waals surface area contributed by atoms with Gasteiger partial charge in [-0.25, -0.2) is 0 Å². The SMILES string of the molecule is O=C(NC[C@]1(O)CCOC1)C(=O)Nc1ccc(C(F)(F)F)cc1. The van der Waals surface area contributed by atoms with E-state index in [9.17, 15) is 27.9 Å². The Morgan fingerprint density at radius 2 is 1.87 bits per heavy atom. The van der Waals surface area contributed by atoms with E-state index in [4.69, 9.17) is 4.74 Å². The summed E-state index contributed by atoms with van der Waals surface area (Å²) in [7, 11) is 0. The van der Waals surface area contributed by atoms with Crippen molar-refractivity contribution in [2.45, 2.75) is 18.2 Å². The largest absolute Gasteiger partial charge is 0.416 e. The third kappa shape index (κ3) is 4.67. The number of nitrogens with one attached hydrogen (secondary N) is 2. The molecule has 1 atom stereocenters. The molecule has 1 aliphatic rings. The van der Waals surface area contributed by atoms with Crippen molar-refractivity contribution in [1.82, 2.24) is 5.32 Å². The maximum atomic E-state index is 12.4. The Balaban J connectivity index is 1.87. The first kappa shape index (κ1) is 17.2. The van der Waals surface area contributed by atoms with Crippen LogP contribution in [-0.2, 0) is 20.5 Å². The number of hydrogen-bond acceptors (Lipinski definition) is 4. The molecular formula is C14H15F3N2O4. The van der Waals surface area contributed by atoms with Gasteiger partial charge in [-0.2, -0.15) is 13.2 Å². The molecule has 6 nitrogen and oxygen atoms in total. The summed E-state index contributed by atoms with van der Waals surface area (Å²) in [6, 6.07) is 3.69. The van der Waals surface area contributed by atoms with Crippen LogP contribution in [0.4, 0.5) is 18.9 Å². The van der Waals surface area contributed by atoms with Crippen molar-refractivity contribution in [3.05, 3.63) is 29.8 Å². The van der Waals surface area contributed by atoms with Gasteiger partial charge in [-0.15, -0.1) is 0 Å². The minimum absolute atomic E-state index is 0.0565. The molecule has 0 aliphatic carbocycles. The van der Waals surface area contributed by atoms with Crippen molar-refractivity contribution in [1.29, 1.82) is 0 Å². The fraction of sp³-hybridized carbons (Fsp3) is 0.429. The number of aliphatic hydroxyl groups is 1. The van der Waals surface area contributed by atoms with Crippen LogP contribution in [0.1, 0.15) is 12.0 Å². The average molecular weight is 332 g/mol. The third-order valence-electron chi connectivity index (χ3n) is 3.34. The molecule has 126 valence electrons. The highest BCUT2D eigenvalue weighted by molar-refractivity contribution is 6.39. The topological polar surface area (TPSA) is 87.7 Å². The molecule has 0 saturated carbocycles. The Morgan fingerprint density at radius 1 is 1.22 bits per heavy atom. The predicted octanol–water partition coefficient (Wildman–Crippen LogP) is 0.911. The first-order chi connectivity index (χ1) is 10.7. The van der Waals surface area contributed by atoms with Crippen LogP contribution in [-0.4, -0.2) is 42.3 Å². The van der Waals surface area contributed by atoms with Gasteiger partial charge in [0, 0.05) is 25.3 Å². The first-order valence-corrected chi connectivity index (χ1v) is 6.76. The monoisotopic (exact) mass is 332 g/mol. The molecule has 1 aliphatic heterocycles. The fourth-order valence-corrected chi connectivity index (χ4v) is 1.99. The molecule has 0 bridgehead atoms. The van der Waals surface area contributed by atoms with Crippen LogP contribution < -0.4 is 10.6 Å². The summed E-state index contributed by atoms with van der Waals surface area (Å²) in [5.74, 6) is -2.03. The number of ether oxygens (including phenoxy) is 1. The van der Waals surface area contributed by atoms with Crippen LogP contribution in [0, 0.1) is 0 Å². The second-order valence-electron chi connectivity index (χ2n) is 5.24. The van der Waals surface area contributed by atoms with Crippen LogP contribution in [0.3, 0.4) is 0 Å².